The number of anilines is 1. The molecule has 2 N–H and O–H groups in total. The molecule has 2 saturated heterocycles. The highest BCUT2D eigenvalue weighted by molar-refractivity contribution is 6.83. The fourth-order valence-corrected chi connectivity index (χ4v) is 16.7. The summed E-state index contributed by atoms with van der Waals surface area (Å²) in [6.07, 6.45) is -1.34. The molecule has 2 aromatic rings. The Kier molecular flexibility index (Phi) is 8.19. The standard InChI is InChI=1S/C26H45N5O6Si2/c1-14(2)24(32)29-26-28-23-22(25(33)30-26)27-13-31(23)21-11-19-20(35-21)12-34-38(15(3)4,16(5)6)37-39(36-19,17(7)8)18(9)10/h13-21H,11-12H2,1-10H3,(H2,28,29,30,32,33)/t19-,20+,21+/m0/s1/i11D/t11-,19+,20-,21-/m1. The number of amides is 1. The number of carbonyl (C=O) groups is 1. The largest absolute Gasteiger partial charge is 0.414 e. The van der Waals surface area contributed by atoms with Crippen LogP contribution in [-0.4, -0.2) is 61.4 Å². The van der Waals surface area contributed by atoms with E-state index in [-0.39, 0.29) is 57.7 Å². The van der Waals surface area contributed by atoms with Crippen molar-refractivity contribution in [3.8, 4) is 0 Å². The maximum absolute atomic E-state index is 12.8. The fourth-order valence-electron chi connectivity index (χ4n) is 5.57. The van der Waals surface area contributed by atoms with Crippen molar-refractivity contribution in [3.05, 3.63) is 16.7 Å². The summed E-state index contributed by atoms with van der Waals surface area (Å²) in [7, 11) is -5.69. The Bertz CT molecular complexity index is 1270. The van der Waals surface area contributed by atoms with Crippen LogP contribution in [0.1, 0.15) is 83.2 Å². The molecule has 11 nitrogen and oxygen atoms in total. The lowest BCUT2D eigenvalue weighted by atomic mass is 10.2. The van der Waals surface area contributed by atoms with E-state index in [1.807, 2.05) is 0 Å². The number of fused-ring (bicyclic) bond motifs is 2. The van der Waals surface area contributed by atoms with Gasteiger partial charge in [-0.3, -0.25) is 24.5 Å². The lowest BCUT2D eigenvalue weighted by molar-refractivity contribution is -0.118. The van der Waals surface area contributed by atoms with Crippen LogP contribution in [0.2, 0.25) is 22.2 Å². The fraction of sp³-hybridized carbons (Fsp3) is 0.769. The average molecular weight is 581 g/mol. The Morgan fingerprint density at radius 2 is 1.67 bits per heavy atom. The first-order valence-electron chi connectivity index (χ1n) is 14.6. The summed E-state index contributed by atoms with van der Waals surface area (Å²) in [5, 5.41) is 2.64. The predicted octanol–water partition coefficient (Wildman–Crippen LogP) is 4.96. The van der Waals surface area contributed by atoms with Gasteiger partial charge in [0.15, 0.2) is 11.2 Å². The number of hydrogen-bond acceptors (Lipinski definition) is 8. The van der Waals surface area contributed by atoms with Gasteiger partial charge in [-0.15, -0.1) is 0 Å². The van der Waals surface area contributed by atoms with E-state index in [0.717, 1.165) is 0 Å². The molecule has 2 aliphatic rings. The van der Waals surface area contributed by atoms with E-state index in [2.05, 4.69) is 75.7 Å². The molecule has 13 heteroatoms. The number of rotatable bonds is 7. The van der Waals surface area contributed by atoms with Gasteiger partial charge >= 0.3 is 17.1 Å². The zero-order valence-electron chi connectivity index (χ0n) is 25.8. The van der Waals surface area contributed by atoms with Crippen LogP contribution in [0.3, 0.4) is 0 Å². The Morgan fingerprint density at radius 1 is 1.05 bits per heavy atom. The first-order chi connectivity index (χ1) is 18.6. The minimum Gasteiger partial charge on any atom is -0.414 e. The molecule has 2 aromatic heterocycles. The van der Waals surface area contributed by atoms with Gasteiger partial charge in [-0.05, 0) is 22.2 Å². The molecule has 0 aliphatic carbocycles. The number of aromatic nitrogens is 4. The summed E-state index contributed by atoms with van der Waals surface area (Å²) in [5.74, 6) is -0.553. The Balaban J connectivity index is 1.76. The van der Waals surface area contributed by atoms with Gasteiger partial charge in [0.25, 0.3) is 5.56 Å². The number of H-pyrrole nitrogens is 1. The summed E-state index contributed by atoms with van der Waals surface area (Å²) >= 11 is 0. The van der Waals surface area contributed by atoms with Crippen molar-refractivity contribution in [2.75, 3.05) is 11.9 Å². The Labute approximate surface area is 234 Å². The minimum atomic E-state index is -2.93. The van der Waals surface area contributed by atoms with Gasteiger partial charge in [0, 0.05) is 13.7 Å². The summed E-state index contributed by atoms with van der Waals surface area (Å²) < 4.78 is 38.4. The van der Waals surface area contributed by atoms with Crippen LogP contribution in [-0.2, 0) is 22.5 Å². The molecule has 0 bridgehead atoms. The van der Waals surface area contributed by atoms with E-state index in [9.17, 15) is 11.0 Å². The van der Waals surface area contributed by atoms with Crippen LogP contribution in [0, 0.1) is 5.92 Å². The summed E-state index contributed by atoms with van der Waals surface area (Å²) in [6, 6.07) is 0. The highest BCUT2D eigenvalue weighted by Gasteiger charge is 2.60. The quantitative estimate of drug-likeness (QED) is 0.440. The van der Waals surface area contributed by atoms with Crippen molar-refractivity contribution in [1.29, 1.82) is 0 Å². The molecule has 0 saturated carbocycles. The van der Waals surface area contributed by atoms with Crippen LogP contribution in [0.25, 0.3) is 11.2 Å². The van der Waals surface area contributed by atoms with Crippen LogP contribution >= 0.6 is 0 Å². The molecule has 4 heterocycles. The number of nitrogens with zero attached hydrogens (tertiary/aromatic N) is 3. The third kappa shape index (κ3) is 5.41. The number of carbonyl (C=O) groups excluding carboxylic acids is 1. The third-order valence-corrected chi connectivity index (χ3v) is 18.1. The van der Waals surface area contributed by atoms with E-state index in [4.69, 9.17) is 17.7 Å². The number of nitrogens with one attached hydrogen (secondary N) is 2. The third-order valence-electron chi connectivity index (χ3n) is 7.84. The second-order valence-electron chi connectivity index (χ2n) is 12.2. The van der Waals surface area contributed by atoms with Crippen LogP contribution < -0.4 is 10.9 Å². The zero-order valence-corrected chi connectivity index (χ0v) is 26.8. The van der Waals surface area contributed by atoms with Gasteiger partial charge in [-0.25, -0.2) is 4.98 Å². The molecular formula is C26H45N5O6Si2. The molecular weight excluding hydrogens is 534 g/mol. The lowest BCUT2D eigenvalue weighted by Gasteiger charge is -2.51. The topological polar surface area (TPSA) is 130 Å². The van der Waals surface area contributed by atoms with Gasteiger partial charge in [0.2, 0.25) is 11.9 Å². The van der Waals surface area contributed by atoms with Crippen molar-refractivity contribution in [2.45, 2.75) is 116 Å². The van der Waals surface area contributed by atoms with Gasteiger partial charge in [0.05, 0.1) is 19.0 Å². The van der Waals surface area contributed by atoms with Gasteiger partial charge in [0.1, 0.15) is 12.3 Å². The maximum atomic E-state index is 12.8. The monoisotopic (exact) mass is 580 g/mol. The number of ether oxygens (including phenoxy) is 1. The van der Waals surface area contributed by atoms with E-state index in [1.54, 1.807) is 18.4 Å². The smallest absolute Gasteiger partial charge is 0.335 e. The zero-order chi connectivity index (χ0) is 29.7. The van der Waals surface area contributed by atoms with Gasteiger partial charge < -0.3 is 17.7 Å². The Morgan fingerprint density at radius 3 is 2.23 bits per heavy atom. The molecule has 39 heavy (non-hydrogen) atoms. The second kappa shape index (κ2) is 11.2. The SMILES string of the molecule is [2H][C@@H]1[C@@H]2O[Si](C(C)C)(C(C)C)O[Si](C(C)C)(C(C)C)OC[C@H]2O[C@H]1n1cnc2c(=O)[nH]c(NC(=O)C(C)C)nc21. The highest BCUT2D eigenvalue weighted by atomic mass is 28.5. The second-order valence-corrected chi connectivity index (χ2v) is 21.0. The predicted molar refractivity (Wildman–Crippen MR) is 154 cm³/mol. The molecule has 0 radical (unpaired) electrons. The van der Waals surface area contributed by atoms with E-state index >= 15 is 0 Å². The summed E-state index contributed by atoms with van der Waals surface area (Å²) in [5.41, 5.74) is 0.446. The van der Waals surface area contributed by atoms with Crippen LogP contribution in [0.15, 0.2) is 11.1 Å². The molecule has 4 rings (SSSR count). The van der Waals surface area contributed by atoms with Crippen molar-refractivity contribution < 1.29 is 23.9 Å². The molecule has 2 fully saturated rings. The summed E-state index contributed by atoms with van der Waals surface area (Å²) in [6.45, 7) is 20.9. The van der Waals surface area contributed by atoms with Crippen LogP contribution in [0.5, 0.6) is 0 Å². The number of hydrogen-bond donors (Lipinski definition) is 2. The highest BCUT2D eigenvalue weighted by Crippen LogP contribution is 2.48. The molecule has 4 atom stereocenters. The van der Waals surface area contributed by atoms with E-state index < -0.39 is 47.5 Å². The summed E-state index contributed by atoms with van der Waals surface area (Å²) in [4.78, 5) is 36.3. The van der Waals surface area contributed by atoms with Gasteiger partial charge in [-0.1, -0.05) is 69.2 Å². The van der Waals surface area contributed by atoms with Gasteiger partial charge in [-0.2, -0.15) is 4.98 Å². The molecule has 0 aromatic carbocycles. The molecule has 218 valence electrons. The van der Waals surface area contributed by atoms with Crippen molar-refractivity contribution in [2.24, 2.45) is 5.92 Å². The normalized spacial score (nSPS) is 27.3. The first kappa shape index (κ1) is 28.6. The molecule has 1 amide bonds. The molecule has 0 unspecified atom stereocenters. The van der Waals surface area contributed by atoms with Crippen molar-refractivity contribution in [1.82, 2.24) is 19.5 Å². The average Bonchev–Trinajstić information content (AvgIpc) is 3.39. The molecule has 2 aliphatic heterocycles. The number of imidazole rings is 1. The van der Waals surface area contributed by atoms with Crippen molar-refractivity contribution in [3.63, 3.8) is 0 Å². The lowest BCUT2D eigenvalue weighted by Crippen LogP contribution is -2.65. The van der Waals surface area contributed by atoms with Crippen molar-refractivity contribution >= 4 is 40.1 Å². The first-order valence-corrected chi connectivity index (χ1v) is 18.0. The van der Waals surface area contributed by atoms with E-state index in [0.29, 0.717) is 0 Å². The maximum Gasteiger partial charge on any atom is 0.335 e. The molecule has 0 spiro atoms. The minimum absolute atomic E-state index is 0.0205. The number of aromatic amines is 1. The van der Waals surface area contributed by atoms with Crippen LogP contribution in [0.4, 0.5) is 5.95 Å². The Hall–Kier alpha value is -1.91. The van der Waals surface area contributed by atoms with E-state index in [1.165, 1.54) is 6.33 Å².